The maximum absolute atomic E-state index is 10.9. The van der Waals surface area contributed by atoms with Gasteiger partial charge in [-0.25, -0.2) is 0 Å². The average molecular weight is 311 g/mol. The zero-order valence-corrected chi connectivity index (χ0v) is 15.0. The molecule has 124 valence electrons. The Morgan fingerprint density at radius 1 is 0.870 bits per heavy atom. The van der Waals surface area contributed by atoms with Crippen molar-refractivity contribution in [2.75, 3.05) is 0 Å². The molecule has 0 aliphatic carbocycles. The minimum absolute atomic E-state index is 0.000169. The maximum Gasteiger partial charge on any atom is 0.217 e. The highest BCUT2D eigenvalue weighted by molar-refractivity contribution is 5.72. The van der Waals surface area contributed by atoms with Crippen LogP contribution in [-0.4, -0.2) is 5.91 Å². The lowest BCUT2D eigenvalue weighted by Crippen LogP contribution is -2.18. The summed E-state index contributed by atoms with van der Waals surface area (Å²) in [5.41, 5.74) is 4.94. The maximum atomic E-state index is 10.9. The van der Waals surface area contributed by atoms with Crippen LogP contribution in [0.3, 0.4) is 0 Å². The molecule has 0 aromatic heterocycles. The van der Waals surface area contributed by atoms with Crippen molar-refractivity contribution in [1.82, 2.24) is 5.32 Å². The lowest BCUT2D eigenvalue weighted by molar-refractivity contribution is -0.119. The van der Waals surface area contributed by atoms with E-state index in [4.69, 9.17) is 0 Å². The van der Waals surface area contributed by atoms with Crippen LogP contribution in [0.1, 0.15) is 45.7 Å². The van der Waals surface area contributed by atoms with Gasteiger partial charge in [0.1, 0.15) is 0 Å². The quantitative estimate of drug-likeness (QED) is 0.806. The number of hydrogen-bond donors (Lipinski definition) is 1. The second-order valence-electron chi connectivity index (χ2n) is 5.90. The van der Waals surface area contributed by atoms with Crippen LogP contribution >= 0.6 is 0 Å². The fourth-order valence-corrected chi connectivity index (χ4v) is 2.35. The third kappa shape index (κ3) is 6.68. The summed E-state index contributed by atoms with van der Waals surface area (Å²) in [6.07, 6.45) is 1.12. The average Bonchev–Trinajstić information content (AvgIpc) is 2.55. The van der Waals surface area contributed by atoms with Crippen molar-refractivity contribution in [2.45, 2.75) is 47.6 Å². The Kier molecular flexibility index (Phi) is 8.10. The van der Waals surface area contributed by atoms with Gasteiger partial charge in [-0.15, -0.1) is 0 Å². The van der Waals surface area contributed by atoms with E-state index >= 15 is 0 Å². The van der Waals surface area contributed by atoms with Crippen LogP contribution in [0.4, 0.5) is 0 Å². The van der Waals surface area contributed by atoms with Crippen molar-refractivity contribution in [2.24, 2.45) is 5.92 Å². The summed E-state index contributed by atoms with van der Waals surface area (Å²) in [5.74, 6) is 0.684. The molecule has 23 heavy (non-hydrogen) atoms. The molecule has 0 bridgehead atoms. The van der Waals surface area contributed by atoms with E-state index < -0.39 is 0 Å². The predicted molar refractivity (Wildman–Crippen MR) is 99.3 cm³/mol. The molecule has 0 saturated carbocycles. The molecule has 2 heteroatoms. The summed E-state index contributed by atoms with van der Waals surface area (Å²) < 4.78 is 0. The zero-order chi connectivity index (χ0) is 17.2. The van der Waals surface area contributed by atoms with Crippen LogP contribution in [0, 0.1) is 5.92 Å². The largest absolute Gasteiger partial charge is 0.352 e. The van der Waals surface area contributed by atoms with Crippen molar-refractivity contribution in [3.8, 4) is 11.1 Å². The summed E-state index contributed by atoms with van der Waals surface area (Å²) in [4.78, 5) is 10.9. The van der Waals surface area contributed by atoms with Crippen molar-refractivity contribution in [3.63, 3.8) is 0 Å². The first-order chi connectivity index (χ1) is 11.0. The van der Waals surface area contributed by atoms with Gasteiger partial charge in [0.2, 0.25) is 5.91 Å². The Morgan fingerprint density at radius 3 is 1.70 bits per heavy atom. The van der Waals surface area contributed by atoms with Gasteiger partial charge in [-0.3, -0.25) is 4.79 Å². The molecule has 0 unspecified atom stereocenters. The topological polar surface area (TPSA) is 29.1 Å². The van der Waals surface area contributed by atoms with Gasteiger partial charge in [0.15, 0.2) is 0 Å². The zero-order valence-electron chi connectivity index (χ0n) is 15.0. The lowest BCUT2D eigenvalue weighted by atomic mass is 9.98. The number of amides is 1. The fourth-order valence-electron chi connectivity index (χ4n) is 2.35. The SMILES string of the molecule is CC.CC(=O)NCc1ccc(-c2ccc(CC(C)C)cc2)cc1. The smallest absolute Gasteiger partial charge is 0.217 e. The van der Waals surface area contributed by atoms with Crippen LogP contribution in [-0.2, 0) is 17.8 Å². The van der Waals surface area contributed by atoms with Gasteiger partial charge in [-0.2, -0.15) is 0 Å². The normalized spacial score (nSPS) is 10.0. The lowest BCUT2D eigenvalue weighted by Gasteiger charge is -2.08. The first-order valence-electron chi connectivity index (χ1n) is 8.47. The molecule has 1 N–H and O–H groups in total. The molecule has 0 aliphatic heterocycles. The van der Waals surface area contributed by atoms with Gasteiger partial charge >= 0.3 is 0 Å². The molecule has 2 aromatic carbocycles. The summed E-state index contributed by atoms with van der Waals surface area (Å²) in [6.45, 7) is 10.6. The van der Waals surface area contributed by atoms with Crippen molar-refractivity contribution in [3.05, 3.63) is 59.7 Å². The summed E-state index contributed by atoms with van der Waals surface area (Å²) >= 11 is 0. The van der Waals surface area contributed by atoms with E-state index in [2.05, 4.69) is 67.7 Å². The molecular formula is C21H29NO. The number of hydrogen-bond acceptors (Lipinski definition) is 1. The standard InChI is InChI=1S/C19H23NO.C2H6/c1-14(2)12-16-4-8-18(9-5-16)19-10-6-17(7-11-19)13-20-15(3)21;1-2/h4-11,14H,12-13H2,1-3H3,(H,20,21);1-2H3. The van der Waals surface area contributed by atoms with Crippen molar-refractivity contribution >= 4 is 5.91 Å². The molecule has 0 saturated heterocycles. The summed E-state index contributed by atoms with van der Waals surface area (Å²) in [7, 11) is 0. The van der Waals surface area contributed by atoms with Gasteiger partial charge in [-0.1, -0.05) is 76.2 Å². The van der Waals surface area contributed by atoms with Gasteiger partial charge in [0.25, 0.3) is 0 Å². The van der Waals surface area contributed by atoms with E-state index in [0.29, 0.717) is 12.5 Å². The second-order valence-corrected chi connectivity index (χ2v) is 5.90. The number of nitrogens with one attached hydrogen (secondary N) is 1. The number of rotatable bonds is 5. The highest BCUT2D eigenvalue weighted by atomic mass is 16.1. The highest BCUT2D eigenvalue weighted by Crippen LogP contribution is 2.21. The third-order valence-electron chi connectivity index (χ3n) is 3.43. The second kappa shape index (κ2) is 9.83. The van der Waals surface area contributed by atoms with Crippen LogP contribution in [0.2, 0.25) is 0 Å². The number of benzene rings is 2. The fraction of sp³-hybridized carbons (Fsp3) is 0.381. The molecule has 2 aromatic rings. The molecule has 2 nitrogen and oxygen atoms in total. The molecule has 0 spiro atoms. The van der Waals surface area contributed by atoms with Crippen molar-refractivity contribution in [1.29, 1.82) is 0 Å². The Morgan fingerprint density at radius 2 is 1.30 bits per heavy atom. The molecule has 1 amide bonds. The minimum atomic E-state index is -0.000169. The van der Waals surface area contributed by atoms with Gasteiger partial charge in [0.05, 0.1) is 0 Å². The van der Waals surface area contributed by atoms with Gasteiger partial charge in [-0.05, 0) is 34.6 Å². The third-order valence-corrected chi connectivity index (χ3v) is 3.43. The molecule has 0 radical (unpaired) electrons. The monoisotopic (exact) mass is 311 g/mol. The van der Waals surface area contributed by atoms with Gasteiger partial charge in [0, 0.05) is 13.5 Å². The first kappa shape index (κ1) is 19.0. The molecule has 0 fully saturated rings. The van der Waals surface area contributed by atoms with Crippen LogP contribution < -0.4 is 5.32 Å². The Balaban J connectivity index is 0.00000127. The van der Waals surface area contributed by atoms with E-state index in [-0.39, 0.29) is 5.91 Å². The highest BCUT2D eigenvalue weighted by Gasteiger charge is 2.01. The van der Waals surface area contributed by atoms with Crippen molar-refractivity contribution < 1.29 is 4.79 Å². The van der Waals surface area contributed by atoms with E-state index in [1.54, 1.807) is 0 Å². The Hall–Kier alpha value is -2.09. The Labute approximate surface area is 140 Å². The molecule has 0 heterocycles. The van der Waals surface area contributed by atoms with Crippen LogP contribution in [0.25, 0.3) is 11.1 Å². The van der Waals surface area contributed by atoms with E-state index in [0.717, 1.165) is 12.0 Å². The molecular weight excluding hydrogens is 282 g/mol. The summed E-state index contributed by atoms with van der Waals surface area (Å²) in [5, 5.41) is 2.81. The van der Waals surface area contributed by atoms with Crippen LogP contribution in [0.5, 0.6) is 0 Å². The number of carbonyl (C=O) groups excluding carboxylic acids is 1. The van der Waals surface area contributed by atoms with Gasteiger partial charge < -0.3 is 5.32 Å². The summed E-state index contributed by atoms with van der Waals surface area (Å²) in [6, 6.07) is 17.1. The molecule has 2 rings (SSSR count). The van der Waals surface area contributed by atoms with E-state index in [1.807, 2.05) is 13.8 Å². The molecule has 0 atom stereocenters. The number of carbonyl (C=O) groups is 1. The first-order valence-corrected chi connectivity index (χ1v) is 8.47. The van der Waals surface area contributed by atoms with E-state index in [9.17, 15) is 4.79 Å². The Bertz CT molecular complexity index is 582. The van der Waals surface area contributed by atoms with E-state index in [1.165, 1.54) is 23.6 Å². The predicted octanol–water partition coefficient (Wildman–Crippen LogP) is 5.21. The minimum Gasteiger partial charge on any atom is -0.352 e. The molecule has 0 aliphatic rings. The van der Waals surface area contributed by atoms with Crippen LogP contribution in [0.15, 0.2) is 48.5 Å².